The first-order chi connectivity index (χ1) is 13.1. The van der Waals surface area contributed by atoms with E-state index in [1.807, 2.05) is 25.1 Å². The lowest BCUT2D eigenvalue weighted by molar-refractivity contribution is -0.118. The highest BCUT2D eigenvalue weighted by atomic mass is 16.5. The van der Waals surface area contributed by atoms with Gasteiger partial charge in [0, 0.05) is 17.6 Å². The van der Waals surface area contributed by atoms with E-state index in [4.69, 9.17) is 4.74 Å². The third-order valence-corrected chi connectivity index (χ3v) is 4.79. The number of aromatic amines is 1. The summed E-state index contributed by atoms with van der Waals surface area (Å²) in [5.74, 6) is 0.472. The quantitative estimate of drug-likeness (QED) is 0.732. The van der Waals surface area contributed by atoms with Gasteiger partial charge in [0.2, 0.25) is 0 Å². The van der Waals surface area contributed by atoms with Crippen molar-refractivity contribution >= 4 is 11.6 Å². The van der Waals surface area contributed by atoms with Gasteiger partial charge in [0.15, 0.2) is 6.61 Å². The number of aromatic nitrogens is 2. The molecule has 0 aliphatic heterocycles. The molecule has 4 rings (SSSR count). The molecule has 2 N–H and O–H groups in total. The number of carbonyl (C=O) groups excluding carboxylic acids is 1. The Kier molecular flexibility index (Phi) is 4.54. The zero-order valence-electron chi connectivity index (χ0n) is 15.1. The minimum Gasteiger partial charge on any atom is -0.484 e. The molecule has 6 nitrogen and oxygen atoms in total. The maximum absolute atomic E-state index is 12.2. The third kappa shape index (κ3) is 3.65. The van der Waals surface area contributed by atoms with Crippen molar-refractivity contribution in [2.24, 2.45) is 0 Å². The van der Waals surface area contributed by atoms with Crippen molar-refractivity contribution in [1.29, 1.82) is 0 Å². The van der Waals surface area contributed by atoms with Crippen LogP contribution >= 0.6 is 0 Å². The predicted octanol–water partition coefficient (Wildman–Crippen LogP) is 2.98. The van der Waals surface area contributed by atoms with Crippen molar-refractivity contribution in [3.8, 4) is 11.4 Å². The Hall–Kier alpha value is -3.28. The lowest BCUT2D eigenvalue weighted by Crippen LogP contribution is -2.21. The van der Waals surface area contributed by atoms with Gasteiger partial charge in [-0.2, -0.15) is 0 Å². The highest BCUT2D eigenvalue weighted by molar-refractivity contribution is 5.92. The average Bonchev–Trinajstić information content (AvgIpc) is 3.26. The van der Waals surface area contributed by atoms with Crippen LogP contribution in [0.4, 0.5) is 5.69 Å². The van der Waals surface area contributed by atoms with Crippen LogP contribution in [0.15, 0.2) is 53.5 Å². The molecule has 0 saturated heterocycles. The van der Waals surface area contributed by atoms with Crippen LogP contribution in [0.3, 0.4) is 0 Å². The maximum Gasteiger partial charge on any atom is 0.330 e. The highest BCUT2D eigenvalue weighted by Crippen LogP contribution is 2.26. The molecule has 1 aliphatic carbocycles. The van der Waals surface area contributed by atoms with Gasteiger partial charge >= 0.3 is 5.69 Å². The summed E-state index contributed by atoms with van der Waals surface area (Å²) < 4.78 is 7.19. The van der Waals surface area contributed by atoms with Gasteiger partial charge in [-0.05, 0) is 67.6 Å². The van der Waals surface area contributed by atoms with Crippen molar-refractivity contribution < 1.29 is 9.53 Å². The van der Waals surface area contributed by atoms with E-state index < -0.39 is 0 Å². The van der Waals surface area contributed by atoms with Crippen LogP contribution in [0, 0.1) is 6.92 Å². The molecule has 1 amide bonds. The molecule has 138 valence electrons. The lowest BCUT2D eigenvalue weighted by Gasteiger charge is -2.10. The standard InChI is InChI=1S/C21H21N3O3/c1-14-12-22-21(26)24(14)18-7-3-6-17(11-18)23-20(25)13-27-19-9-8-15-4-2-5-16(15)10-19/h3,6-12H,2,4-5,13H2,1H3,(H,22,26)(H,23,25). The summed E-state index contributed by atoms with van der Waals surface area (Å²) in [5.41, 5.74) is 4.57. The van der Waals surface area contributed by atoms with Crippen LogP contribution in [-0.2, 0) is 17.6 Å². The number of anilines is 1. The number of aryl methyl sites for hydroxylation is 3. The molecule has 27 heavy (non-hydrogen) atoms. The third-order valence-electron chi connectivity index (χ3n) is 4.79. The first kappa shape index (κ1) is 17.1. The van der Waals surface area contributed by atoms with Crippen LogP contribution in [0.1, 0.15) is 23.2 Å². The summed E-state index contributed by atoms with van der Waals surface area (Å²) in [4.78, 5) is 26.8. The Morgan fingerprint density at radius 1 is 1.19 bits per heavy atom. The Bertz CT molecular complexity index is 1050. The molecule has 2 aromatic carbocycles. The average molecular weight is 363 g/mol. The summed E-state index contributed by atoms with van der Waals surface area (Å²) in [5, 5.41) is 2.82. The molecule has 1 aromatic heterocycles. The monoisotopic (exact) mass is 363 g/mol. The second-order valence-electron chi connectivity index (χ2n) is 6.74. The molecule has 0 bridgehead atoms. The second-order valence-corrected chi connectivity index (χ2v) is 6.74. The summed E-state index contributed by atoms with van der Waals surface area (Å²) in [7, 11) is 0. The molecular formula is C21H21N3O3. The zero-order chi connectivity index (χ0) is 18.8. The number of H-pyrrole nitrogens is 1. The molecule has 1 heterocycles. The van der Waals surface area contributed by atoms with Crippen LogP contribution in [0.25, 0.3) is 5.69 Å². The van der Waals surface area contributed by atoms with Gasteiger partial charge in [0.1, 0.15) is 5.75 Å². The van der Waals surface area contributed by atoms with Crippen molar-refractivity contribution in [3.63, 3.8) is 0 Å². The number of fused-ring (bicyclic) bond motifs is 1. The number of hydrogen-bond donors (Lipinski definition) is 2. The van der Waals surface area contributed by atoms with Crippen LogP contribution in [0.5, 0.6) is 5.75 Å². The van der Waals surface area contributed by atoms with Gasteiger partial charge in [0.25, 0.3) is 5.91 Å². The Balaban J connectivity index is 1.41. The van der Waals surface area contributed by atoms with Gasteiger partial charge in [-0.25, -0.2) is 4.79 Å². The largest absolute Gasteiger partial charge is 0.484 e. The fourth-order valence-electron chi connectivity index (χ4n) is 3.48. The Labute approximate surface area is 156 Å². The lowest BCUT2D eigenvalue weighted by atomic mass is 10.1. The minimum atomic E-state index is -0.245. The van der Waals surface area contributed by atoms with Gasteiger partial charge in [-0.3, -0.25) is 9.36 Å². The van der Waals surface area contributed by atoms with Crippen molar-refractivity contribution in [3.05, 3.63) is 76.0 Å². The smallest absolute Gasteiger partial charge is 0.330 e. The first-order valence-electron chi connectivity index (χ1n) is 9.02. The van der Waals surface area contributed by atoms with E-state index in [2.05, 4.69) is 16.4 Å². The summed E-state index contributed by atoms with van der Waals surface area (Å²) >= 11 is 0. The van der Waals surface area contributed by atoms with Gasteiger partial charge in [-0.15, -0.1) is 0 Å². The SMILES string of the molecule is Cc1c[nH]c(=O)n1-c1cccc(NC(=O)COc2ccc3c(c2)CCC3)c1. The molecule has 0 unspecified atom stereocenters. The van der Waals surface area contributed by atoms with E-state index in [9.17, 15) is 9.59 Å². The molecule has 0 atom stereocenters. The first-order valence-corrected chi connectivity index (χ1v) is 9.02. The van der Waals surface area contributed by atoms with Crippen LogP contribution in [0.2, 0.25) is 0 Å². The zero-order valence-corrected chi connectivity index (χ0v) is 15.1. The van der Waals surface area contributed by atoms with E-state index in [1.54, 1.807) is 29.0 Å². The van der Waals surface area contributed by atoms with Gasteiger partial charge < -0.3 is 15.0 Å². The summed E-state index contributed by atoms with van der Waals surface area (Å²) in [6.07, 6.45) is 5.02. The molecule has 6 heteroatoms. The number of hydrogen-bond acceptors (Lipinski definition) is 3. The molecule has 0 fully saturated rings. The van der Waals surface area contributed by atoms with Crippen molar-refractivity contribution in [2.45, 2.75) is 26.2 Å². The number of nitrogens with zero attached hydrogens (tertiary/aromatic N) is 1. The second kappa shape index (κ2) is 7.15. The van der Waals surface area contributed by atoms with E-state index in [0.717, 1.165) is 18.5 Å². The number of benzene rings is 2. The number of ether oxygens (including phenoxy) is 1. The van der Waals surface area contributed by atoms with Crippen molar-refractivity contribution in [2.75, 3.05) is 11.9 Å². The normalized spacial score (nSPS) is 12.6. The topological polar surface area (TPSA) is 76.1 Å². The number of imidazole rings is 1. The Morgan fingerprint density at radius 2 is 2.04 bits per heavy atom. The van der Waals surface area contributed by atoms with E-state index in [0.29, 0.717) is 17.1 Å². The van der Waals surface area contributed by atoms with Crippen LogP contribution < -0.4 is 15.7 Å². The summed E-state index contributed by atoms with van der Waals surface area (Å²) in [6.45, 7) is 1.78. The molecule has 1 aliphatic rings. The number of nitrogens with one attached hydrogen (secondary N) is 2. The Morgan fingerprint density at radius 3 is 2.85 bits per heavy atom. The van der Waals surface area contributed by atoms with Crippen molar-refractivity contribution in [1.82, 2.24) is 9.55 Å². The number of rotatable bonds is 5. The number of amides is 1. The van der Waals surface area contributed by atoms with E-state index >= 15 is 0 Å². The molecule has 0 spiro atoms. The number of carbonyl (C=O) groups is 1. The van der Waals surface area contributed by atoms with Gasteiger partial charge in [-0.1, -0.05) is 12.1 Å². The van der Waals surface area contributed by atoms with E-state index in [1.165, 1.54) is 17.5 Å². The molecular weight excluding hydrogens is 342 g/mol. The summed E-state index contributed by atoms with van der Waals surface area (Å²) in [6, 6.07) is 13.2. The van der Waals surface area contributed by atoms with Gasteiger partial charge in [0.05, 0.1) is 5.69 Å². The maximum atomic E-state index is 12.2. The molecule has 0 radical (unpaired) electrons. The minimum absolute atomic E-state index is 0.0633. The fraction of sp³-hybridized carbons (Fsp3) is 0.238. The van der Waals surface area contributed by atoms with Crippen LogP contribution in [-0.4, -0.2) is 22.1 Å². The predicted molar refractivity (Wildman–Crippen MR) is 104 cm³/mol. The fourth-order valence-corrected chi connectivity index (χ4v) is 3.48. The molecule has 0 saturated carbocycles. The highest BCUT2D eigenvalue weighted by Gasteiger charge is 2.12. The molecule has 3 aromatic rings. The van der Waals surface area contributed by atoms with E-state index in [-0.39, 0.29) is 18.2 Å².